The van der Waals surface area contributed by atoms with Crippen LogP contribution in [0.15, 0.2) is 24.5 Å². The Morgan fingerprint density at radius 3 is 2.86 bits per heavy atom. The summed E-state index contributed by atoms with van der Waals surface area (Å²) in [5.41, 5.74) is 1.98. The molecule has 29 heavy (non-hydrogen) atoms. The zero-order chi connectivity index (χ0) is 20.1. The van der Waals surface area contributed by atoms with Crippen LogP contribution in [0.25, 0.3) is 5.78 Å². The largest absolute Gasteiger partial charge is 0.368 e. The summed E-state index contributed by atoms with van der Waals surface area (Å²) in [4.78, 5) is 23.1. The van der Waals surface area contributed by atoms with Gasteiger partial charge in [0, 0.05) is 17.8 Å². The first kappa shape index (κ1) is 18.1. The topological polar surface area (TPSA) is 72.6 Å². The van der Waals surface area contributed by atoms with Crippen molar-refractivity contribution in [1.82, 2.24) is 24.5 Å². The molecule has 3 aromatic rings. The normalized spacial score (nSPS) is 19.7. The molecule has 2 aromatic heterocycles. The number of amides is 1. The van der Waals surface area contributed by atoms with Crippen molar-refractivity contribution in [2.24, 2.45) is 0 Å². The molecule has 5 rings (SSSR count). The zero-order valence-electron chi connectivity index (χ0n) is 15.8. The van der Waals surface area contributed by atoms with Crippen molar-refractivity contribution in [3.63, 3.8) is 0 Å². The average molecular weight is 399 g/mol. The standard InChI is InChI=1S/C20H19F2N5O2/c1-11-6-16(27-20(25-11)23-10-24-27)17-9-26(4-5-29-17)19(28)13-7-14(12-2-3-12)18(22)15(21)8-13/h6-8,10,12,17H,2-5,9H2,1H3/t17-/m0/s1. The molecule has 150 valence electrons. The second-order valence-corrected chi connectivity index (χ2v) is 7.54. The summed E-state index contributed by atoms with van der Waals surface area (Å²) in [6.07, 6.45) is 2.63. The van der Waals surface area contributed by atoms with Gasteiger partial charge >= 0.3 is 0 Å². The van der Waals surface area contributed by atoms with E-state index in [0.717, 1.165) is 30.3 Å². The Morgan fingerprint density at radius 1 is 1.24 bits per heavy atom. The van der Waals surface area contributed by atoms with E-state index in [1.807, 2.05) is 13.0 Å². The van der Waals surface area contributed by atoms with Crippen molar-refractivity contribution in [3.8, 4) is 0 Å². The number of morpholine rings is 1. The Labute approximate surface area is 165 Å². The van der Waals surface area contributed by atoms with Gasteiger partial charge in [-0.25, -0.2) is 13.8 Å². The van der Waals surface area contributed by atoms with Crippen molar-refractivity contribution in [2.75, 3.05) is 19.7 Å². The quantitative estimate of drug-likeness (QED) is 0.677. The average Bonchev–Trinajstić information content (AvgIpc) is 3.46. The maximum atomic E-state index is 14.1. The molecule has 3 heterocycles. The molecular formula is C20H19F2N5O2. The Balaban J connectivity index is 1.44. The van der Waals surface area contributed by atoms with Crippen LogP contribution in [0.1, 0.15) is 52.2 Å². The number of carbonyl (C=O) groups is 1. The first-order valence-electron chi connectivity index (χ1n) is 9.58. The fourth-order valence-corrected chi connectivity index (χ4v) is 3.81. The van der Waals surface area contributed by atoms with Crippen molar-refractivity contribution in [3.05, 3.63) is 58.7 Å². The Morgan fingerprint density at radius 2 is 2.07 bits per heavy atom. The predicted octanol–water partition coefficient (Wildman–Crippen LogP) is 2.80. The van der Waals surface area contributed by atoms with Crippen molar-refractivity contribution in [1.29, 1.82) is 0 Å². The van der Waals surface area contributed by atoms with Gasteiger partial charge in [-0.2, -0.15) is 14.6 Å². The highest BCUT2D eigenvalue weighted by Crippen LogP contribution is 2.42. The molecule has 1 amide bonds. The van der Waals surface area contributed by atoms with Gasteiger partial charge in [-0.05, 0) is 49.4 Å². The minimum Gasteiger partial charge on any atom is -0.368 e. The first-order chi connectivity index (χ1) is 14.0. The summed E-state index contributed by atoms with van der Waals surface area (Å²) in [6, 6.07) is 4.33. The summed E-state index contributed by atoms with van der Waals surface area (Å²) in [6.45, 7) is 2.82. The lowest BCUT2D eigenvalue weighted by Crippen LogP contribution is -2.42. The van der Waals surface area contributed by atoms with Crippen LogP contribution in [0.5, 0.6) is 0 Å². The number of hydrogen-bond acceptors (Lipinski definition) is 5. The number of ether oxygens (including phenoxy) is 1. The predicted molar refractivity (Wildman–Crippen MR) is 98.4 cm³/mol. The molecule has 0 spiro atoms. The third-order valence-corrected chi connectivity index (χ3v) is 5.41. The minimum atomic E-state index is -0.975. The Bertz CT molecular complexity index is 1110. The molecule has 0 unspecified atom stereocenters. The van der Waals surface area contributed by atoms with E-state index >= 15 is 0 Å². The van der Waals surface area contributed by atoms with E-state index in [1.165, 1.54) is 12.4 Å². The lowest BCUT2D eigenvalue weighted by Gasteiger charge is -2.33. The first-order valence-corrected chi connectivity index (χ1v) is 9.58. The molecule has 0 radical (unpaired) electrons. The van der Waals surface area contributed by atoms with Crippen LogP contribution in [0.3, 0.4) is 0 Å². The van der Waals surface area contributed by atoms with Gasteiger partial charge < -0.3 is 9.64 Å². The molecule has 2 fully saturated rings. The van der Waals surface area contributed by atoms with Crippen molar-refractivity contribution in [2.45, 2.75) is 31.8 Å². The van der Waals surface area contributed by atoms with Crippen LogP contribution >= 0.6 is 0 Å². The van der Waals surface area contributed by atoms with Gasteiger partial charge in [0.05, 0.1) is 18.8 Å². The molecule has 2 aliphatic rings. The highest BCUT2D eigenvalue weighted by atomic mass is 19.2. The molecule has 9 heteroatoms. The molecule has 0 bridgehead atoms. The van der Waals surface area contributed by atoms with E-state index in [4.69, 9.17) is 4.74 Å². The number of aryl methyl sites for hydroxylation is 1. The summed E-state index contributed by atoms with van der Waals surface area (Å²) < 4.78 is 35.6. The fraction of sp³-hybridized carbons (Fsp3) is 0.400. The van der Waals surface area contributed by atoms with Gasteiger partial charge in [-0.15, -0.1) is 0 Å². The van der Waals surface area contributed by atoms with Crippen LogP contribution in [-0.4, -0.2) is 50.1 Å². The lowest BCUT2D eigenvalue weighted by atomic mass is 10.0. The Hall–Kier alpha value is -2.94. The van der Waals surface area contributed by atoms with Crippen LogP contribution in [0.4, 0.5) is 8.78 Å². The molecule has 7 nitrogen and oxygen atoms in total. The van der Waals surface area contributed by atoms with E-state index < -0.39 is 17.7 Å². The number of hydrogen-bond donors (Lipinski definition) is 0. The number of carbonyl (C=O) groups excluding carboxylic acids is 1. The highest BCUT2D eigenvalue weighted by Gasteiger charge is 2.32. The van der Waals surface area contributed by atoms with Crippen molar-refractivity contribution < 1.29 is 18.3 Å². The SMILES string of the molecule is Cc1cc([C@@H]2CN(C(=O)c3cc(F)c(F)c(C4CC4)c3)CCO2)n2ncnc2n1. The number of rotatable bonds is 3. The third kappa shape index (κ3) is 3.25. The molecule has 1 aliphatic heterocycles. The number of halogens is 2. The molecular weight excluding hydrogens is 380 g/mol. The monoisotopic (exact) mass is 399 g/mol. The number of aromatic nitrogens is 4. The highest BCUT2D eigenvalue weighted by molar-refractivity contribution is 5.94. The number of benzene rings is 1. The Kier molecular flexibility index (Phi) is 4.27. The van der Waals surface area contributed by atoms with Crippen LogP contribution in [0, 0.1) is 18.6 Å². The summed E-state index contributed by atoms with van der Waals surface area (Å²) in [5.74, 6) is -1.68. The van der Waals surface area contributed by atoms with Crippen molar-refractivity contribution >= 4 is 11.7 Å². The number of fused-ring (bicyclic) bond motifs is 1. The van der Waals surface area contributed by atoms with Gasteiger partial charge in [-0.3, -0.25) is 4.79 Å². The third-order valence-electron chi connectivity index (χ3n) is 5.41. The zero-order valence-corrected chi connectivity index (χ0v) is 15.8. The van der Waals surface area contributed by atoms with E-state index in [0.29, 0.717) is 24.5 Å². The van der Waals surface area contributed by atoms with Crippen LogP contribution < -0.4 is 0 Å². The minimum absolute atomic E-state index is 0.00933. The maximum Gasteiger partial charge on any atom is 0.254 e. The molecule has 1 saturated heterocycles. The smallest absolute Gasteiger partial charge is 0.254 e. The summed E-state index contributed by atoms with van der Waals surface area (Å²) >= 11 is 0. The van der Waals surface area contributed by atoms with Gasteiger partial charge in [-0.1, -0.05) is 0 Å². The van der Waals surface area contributed by atoms with Crippen LogP contribution in [-0.2, 0) is 4.74 Å². The lowest BCUT2D eigenvalue weighted by molar-refractivity contribution is -0.0257. The van der Waals surface area contributed by atoms with Gasteiger partial charge in [0.1, 0.15) is 12.4 Å². The molecule has 1 saturated carbocycles. The molecule has 1 aliphatic carbocycles. The summed E-state index contributed by atoms with van der Waals surface area (Å²) in [5, 5.41) is 4.19. The van der Waals surface area contributed by atoms with Gasteiger partial charge in [0.15, 0.2) is 11.6 Å². The summed E-state index contributed by atoms with van der Waals surface area (Å²) in [7, 11) is 0. The van der Waals surface area contributed by atoms with Gasteiger partial charge in [0.2, 0.25) is 0 Å². The van der Waals surface area contributed by atoms with Gasteiger partial charge in [0.25, 0.3) is 11.7 Å². The second-order valence-electron chi connectivity index (χ2n) is 7.54. The van der Waals surface area contributed by atoms with Crippen LogP contribution in [0.2, 0.25) is 0 Å². The molecule has 0 N–H and O–H groups in total. The molecule has 1 aromatic carbocycles. The van der Waals surface area contributed by atoms with E-state index in [9.17, 15) is 13.6 Å². The fourth-order valence-electron chi connectivity index (χ4n) is 3.81. The number of nitrogens with zero attached hydrogens (tertiary/aromatic N) is 5. The second kappa shape index (κ2) is 6.84. The maximum absolute atomic E-state index is 14.1. The van der Waals surface area contributed by atoms with E-state index in [1.54, 1.807) is 9.42 Å². The molecule has 1 atom stereocenters. The van der Waals surface area contributed by atoms with E-state index in [2.05, 4.69) is 15.1 Å². The van der Waals surface area contributed by atoms with E-state index in [-0.39, 0.29) is 23.9 Å².